The highest BCUT2D eigenvalue weighted by Gasteiger charge is 2.41. The lowest BCUT2D eigenvalue weighted by Crippen LogP contribution is -2.42. The molecular weight excluding hydrogens is 384 g/mol. The summed E-state index contributed by atoms with van der Waals surface area (Å²) in [6, 6.07) is 5.15. The molecule has 0 aromatic heterocycles. The van der Waals surface area contributed by atoms with Crippen molar-refractivity contribution >= 4 is 11.8 Å². The third-order valence-electron chi connectivity index (χ3n) is 6.50. The fourth-order valence-corrected chi connectivity index (χ4v) is 4.75. The van der Waals surface area contributed by atoms with Gasteiger partial charge >= 0.3 is 0 Å². The summed E-state index contributed by atoms with van der Waals surface area (Å²) in [6.45, 7) is 3.84. The minimum absolute atomic E-state index is 0.123. The first-order valence-corrected chi connectivity index (χ1v) is 11.0. The summed E-state index contributed by atoms with van der Waals surface area (Å²) in [6.07, 6.45) is 5.31. The summed E-state index contributed by atoms with van der Waals surface area (Å²) in [5.74, 6) is 1.03. The van der Waals surface area contributed by atoms with E-state index in [9.17, 15) is 9.59 Å². The maximum atomic E-state index is 12.8. The number of nitrogens with zero attached hydrogens (tertiary/aromatic N) is 1. The first-order valence-electron chi connectivity index (χ1n) is 11.0. The van der Waals surface area contributed by atoms with E-state index in [1.807, 2.05) is 17.9 Å². The SMILES string of the molecule is COc1ccc(C(=O)NC2CO[C@H]3CN(C(=O)C4CCCCC4)C[C@@H]3OC2)cc1C. The molecule has 2 aliphatic heterocycles. The highest BCUT2D eigenvalue weighted by atomic mass is 16.6. The van der Waals surface area contributed by atoms with Gasteiger partial charge in [0.15, 0.2) is 0 Å². The minimum atomic E-state index is -0.215. The number of fused-ring (bicyclic) bond motifs is 1. The summed E-state index contributed by atoms with van der Waals surface area (Å²) < 4.78 is 17.4. The molecule has 0 bridgehead atoms. The fraction of sp³-hybridized carbons (Fsp3) is 0.652. The monoisotopic (exact) mass is 416 g/mol. The van der Waals surface area contributed by atoms with Gasteiger partial charge in [0, 0.05) is 24.6 Å². The van der Waals surface area contributed by atoms with Crippen molar-refractivity contribution in [2.45, 2.75) is 57.3 Å². The van der Waals surface area contributed by atoms with Gasteiger partial charge in [0.2, 0.25) is 5.91 Å². The Morgan fingerprint density at radius 1 is 1.07 bits per heavy atom. The molecule has 1 aliphatic carbocycles. The smallest absolute Gasteiger partial charge is 0.251 e. The van der Waals surface area contributed by atoms with Gasteiger partial charge in [0.05, 0.1) is 26.4 Å². The van der Waals surface area contributed by atoms with Gasteiger partial charge in [-0.05, 0) is 43.5 Å². The van der Waals surface area contributed by atoms with E-state index in [4.69, 9.17) is 14.2 Å². The van der Waals surface area contributed by atoms with E-state index < -0.39 is 0 Å². The third kappa shape index (κ3) is 4.62. The molecule has 2 amide bonds. The number of carbonyl (C=O) groups excluding carboxylic acids is 2. The average Bonchev–Trinajstić information content (AvgIpc) is 3.09. The van der Waals surface area contributed by atoms with E-state index in [-0.39, 0.29) is 36.0 Å². The van der Waals surface area contributed by atoms with Crippen LogP contribution in [0.15, 0.2) is 18.2 Å². The highest BCUT2D eigenvalue weighted by molar-refractivity contribution is 5.94. The van der Waals surface area contributed by atoms with E-state index in [1.165, 1.54) is 6.42 Å². The maximum absolute atomic E-state index is 12.8. The van der Waals surface area contributed by atoms with Crippen LogP contribution in [0.1, 0.15) is 48.0 Å². The number of benzene rings is 1. The Morgan fingerprint density at radius 3 is 2.33 bits per heavy atom. The molecule has 2 saturated heterocycles. The number of amides is 2. The van der Waals surface area contributed by atoms with Crippen molar-refractivity contribution in [2.75, 3.05) is 33.4 Å². The van der Waals surface area contributed by atoms with Gasteiger partial charge in [-0.3, -0.25) is 9.59 Å². The van der Waals surface area contributed by atoms with Gasteiger partial charge in [-0.25, -0.2) is 0 Å². The number of aryl methyl sites for hydroxylation is 1. The second-order valence-electron chi connectivity index (χ2n) is 8.68. The molecule has 1 aromatic carbocycles. The quantitative estimate of drug-likeness (QED) is 0.815. The first-order chi connectivity index (χ1) is 14.5. The molecule has 3 fully saturated rings. The molecule has 1 saturated carbocycles. The van der Waals surface area contributed by atoms with Gasteiger partial charge in [-0.15, -0.1) is 0 Å². The minimum Gasteiger partial charge on any atom is -0.496 e. The predicted octanol–water partition coefficient (Wildman–Crippen LogP) is 2.31. The third-order valence-corrected chi connectivity index (χ3v) is 6.50. The van der Waals surface area contributed by atoms with Crippen LogP contribution >= 0.6 is 0 Å². The van der Waals surface area contributed by atoms with Crippen LogP contribution in [-0.2, 0) is 14.3 Å². The van der Waals surface area contributed by atoms with Crippen molar-refractivity contribution in [3.05, 3.63) is 29.3 Å². The van der Waals surface area contributed by atoms with Crippen LogP contribution in [-0.4, -0.2) is 68.4 Å². The highest BCUT2D eigenvalue weighted by Crippen LogP contribution is 2.28. The molecule has 7 nitrogen and oxygen atoms in total. The Labute approximate surface area is 178 Å². The second kappa shape index (κ2) is 9.35. The summed E-state index contributed by atoms with van der Waals surface area (Å²) in [5, 5.41) is 3.00. The molecule has 2 heterocycles. The normalized spacial score (nSPS) is 25.5. The number of nitrogens with one attached hydrogen (secondary N) is 1. The molecule has 4 rings (SSSR count). The van der Waals surface area contributed by atoms with E-state index >= 15 is 0 Å². The summed E-state index contributed by atoms with van der Waals surface area (Å²) in [4.78, 5) is 27.4. The van der Waals surface area contributed by atoms with E-state index in [0.29, 0.717) is 31.9 Å². The zero-order valence-corrected chi connectivity index (χ0v) is 17.9. The molecule has 7 heteroatoms. The Balaban J connectivity index is 1.29. The molecular formula is C23H32N2O5. The van der Waals surface area contributed by atoms with Crippen molar-refractivity contribution in [3.63, 3.8) is 0 Å². The fourth-order valence-electron chi connectivity index (χ4n) is 4.75. The second-order valence-corrected chi connectivity index (χ2v) is 8.68. The van der Waals surface area contributed by atoms with Crippen molar-refractivity contribution in [1.29, 1.82) is 0 Å². The number of hydrogen-bond donors (Lipinski definition) is 1. The molecule has 0 spiro atoms. The molecule has 0 unspecified atom stereocenters. The number of hydrogen-bond acceptors (Lipinski definition) is 5. The molecule has 30 heavy (non-hydrogen) atoms. The van der Waals surface area contributed by atoms with E-state index in [0.717, 1.165) is 37.0 Å². The van der Waals surface area contributed by atoms with E-state index in [1.54, 1.807) is 19.2 Å². The van der Waals surface area contributed by atoms with Crippen LogP contribution in [0.2, 0.25) is 0 Å². The van der Waals surface area contributed by atoms with Crippen LogP contribution in [0, 0.1) is 12.8 Å². The largest absolute Gasteiger partial charge is 0.496 e. The molecule has 2 atom stereocenters. The van der Waals surface area contributed by atoms with E-state index in [2.05, 4.69) is 5.32 Å². The number of carbonyl (C=O) groups is 2. The van der Waals surface area contributed by atoms with Crippen LogP contribution in [0.25, 0.3) is 0 Å². The zero-order chi connectivity index (χ0) is 21.1. The van der Waals surface area contributed by atoms with Crippen molar-refractivity contribution < 1.29 is 23.8 Å². The number of likely N-dealkylation sites (tertiary alicyclic amines) is 1. The standard InChI is InChI=1S/C23H32N2O5/c1-15-10-17(8-9-19(15)28-2)22(26)24-18-13-29-20-11-25(12-21(20)30-14-18)23(27)16-6-4-3-5-7-16/h8-10,16,18,20-21H,3-7,11-14H2,1-2H3,(H,24,26)/t20-,21-/m0/s1. The molecule has 164 valence electrons. The Kier molecular flexibility index (Phi) is 6.58. The predicted molar refractivity (Wildman–Crippen MR) is 112 cm³/mol. The van der Waals surface area contributed by atoms with Crippen molar-refractivity contribution in [2.24, 2.45) is 5.92 Å². The summed E-state index contributed by atoms with van der Waals surface area (Å²) in [5.41, 5.74) is 1.50. The van der Waals surface area contributed by atoms with Gasteiger partial charge in [-0.2, -0.15) is 0 Å². The number of ether oxygens (including phenoxy) is 3. The molecule has 3 aliphatic rings. The van der Waals surface area contributed by atoms with Crippen LogP contribution in [0.3, 0.4) is 0 Å². The average molecular weight is 417 g/mol. The van der Waals surface area contributed by atoms with Crippen LogP contribution in [0.5, 0.6) is 5.75 Å². The lowest BCUT2D eigenvalue weighted by Gasteiger charge is -2.26. The molecule has 0 radical (unpaired) electrons. The van der Waals surface area contributed by atoms with Gasteiger partial charge in [-0.1, -0.05) is 19.3 Å². The topological polar surface area (TPSA) is 77.1 Å². The van der Waals surface area contributed by atoms with Crippen LogP contribution < -0.4 is 10.1 Å². The molecule has 1 aromatic rings. The van der Waals surface area contributed by atoms with Crippen molar-refractivity contribution in [3.8, 4) is 5.75 Å². The maximum Gasteiger partial charge on any atom is 0.251 e. The zero-order valence-electron chi connectivity index (χ0n) is 17.9. The van der Waals surface area contributed by atoms with Gasteiger partial charge in [0.1, 0.15) is 18.0 Å². The summed E-state index contributed by atoms with van der Waals surface area (Å²) in [7, 11) is 1.61. The Morgan fingerprint density at radius 2 is 1.73 bits per heavy atom. The Bertz CT molecular complexity index is 761. The van der Waals surface area contributed by atoms with Gasteiger partial charge in [0.25, 0.3) is 5.91 Å². The van der Waals surface area contributed by atoms with Gasteiger partial charge < -0.3 is 24.4 Å². The Hall–Kier alpha value is -2.12. The number of rotatable bonds is 4. The first kappa shape index (κ1) is 21.1. The van der Waals surface area contributed by atoms with Crippen molar-refractivity contribution in [1.82, 2.24) is 10.2 Å². The lowest BCUT2D eigenvalue weighted by molar-refractivity contribution is -0.136. The lowest BCUT2D eigenvalue weighted by atomic mass is 9.88. The van der Waals surface area contributed by atoms with Crippen LogP contribution in [0.4, 0.5) is 0 Å². The summed E-state index contributed by atoms with van der Waals surface area (Å²) >= 11 is 0. The number of methoxy groups -OCH3 is 1. The molecule has 1 N–H and O–H groups in total.